The van der Waals surface area contributed by atoms with Crippen molar-refractivity contribution in [3.63, 3.8) is 0 Å². The van der Waals surface area contributed by atoms with E-state index in [0.717, 1.165) is 18.5 Å². The van der Waals surface area contributed by atoms with E-state index in [2.05, 4.69) is 42.4 Å². The number of likely N-dealkylation sites (tertiary alicyclic amines) is 1. The van der Waals surface area contributed by atoms with Crippen LogP contribution in [0.2, 0.25) is 0 Å². The van der Waals surface area contributed by atoms with Crippen molar-refractivity contribution in [3.8, 4) is 0 Å². The smallest absolute Gasteiger partial charge is 0.274 e. The Morgan fingerprint density at radius 3 is 2.92 bits per heavy atom. The van der Waals surface area contributed by atoms with Crippen molar-refractivity contribution >= 4 is 5.91 Å². The highest BCUT2D eigenvalue weighted by atomic mass is 16.3. The van der Waals surface area contributed by atoms with E-state index < -0.39 is 6.23 Å². The lowest BCUT2D eigenvalue weighted by atomic mass is 9.95. The van der Waals surface area contributed by atoms with Gasteiger partial charge < -0.3 is 10.0 Å². The van der Waals surface area contributed by atoms with Crippen LogP contribution < -0.4 is 5.32 Å². The second-order valence-electron chi connectivity index (χ2n) is 7.70. The molecule has 0 aromatic carbocycles. The standard InChI is InChI=1S/C19H28N4O2/c1-13(2)15-11-16(22-21-15)18(25)23-10-9-19(3,12-23)20-17(24)14-7-5-4-6-8-14/h4-7,11,13-14,17,20,24H,8-10,12H2,1-3H3,(H,21,22)/t14?,17?,19-/m0/s1. The third-order valence-electron chi connectivity index (χ3n) is 5.11. The van der Waals surface area contributed by atoms with Crippen LogP contribution in [-0.4, -0.2) is 51.0 Å². The molecule has 3 N–H and O–H groups in total. The molecular formula is C19H28N4O2. The second kappa shape index (κ2) is 7.14. The number of hydrogen-bond donors (Lipinski definition) is 3. The maximum absolute atomic E-state index is 12.7. The number of carbonyl (C=O) groups is 1. The van der Waals surface area contributed by atoms with Crippen molar-refractivity contribution in [1.82, 2.24) is 20.4 Å². The Kier molecular flexibility index (Phi) is 5.11. The van der Waals surface area contributed by atoms with E-state index in [9.17, 15) is 9.90 Å². The van der Waals surface area contributed by atoms with E-state index in [0.29, 0.717) is 24.7 Å². The maximum atomic E-state index is 12.7. The molecule has 6 nitrogen and oxygen atoms in total. The number of nitrogens with one attached hydrogen (secondary N) is 2. The molecule has 0 radical (unpaired) electrons. The monoisotopic (exact) mass is 344 g/mol. The van der Waals surface area contributed by atoms with Crippen molar-refractivity contribution < 1.29 is 9.90 Å². The number of amides is 1. The van der Waals surface area contributed by atoms with Crippen molar-refractivity contribution in [1.29, 1.82) is 0 Å². The van der Waals surface area contributed by atoms with Gasteiger partial charge in [-0.15, -0.1) is 0 Å². The fourth-order valence-electron chi connectivity index (χ4n) is 3.45. The molecule has 2 heterocycles. The molecule has 1 aromatic heterocycles. The van der Waals surface area contributed by atoms with Crippen LogP contribution in [-0.2, 0) is 0 Å². The van der Waals surface area contributed by atoms with E-state index in [-0.39, 0.29) is 17.4 Å². The fraction of sp³-hybridized carbons (Fsp3) is 0.579. The molecular weight excluding hydrogens is 316 g/mol. The predicted octanol–water partition coefficient (Wildman–Crippen LogP) is 2.18. The summed E-state index contributed by atoms with van der Waals surface area (Å²) in [6, 6.07) is 1.84. The topological polar surface area (TPSA) is 81.2 Å². The van der Waals surface area contributed by atoms with Crippen molar-refractivity contribution in [3.05, 3.63) is 41.8 Å². The van der Waals surface area contributed by atoms with E-state index in [1.807, 2.05) is 29.2 Å². The Morgan fingerprint density at radius 2 is 2.28 bits per heavy atom. The summed E-state index contributed by atoms with van der Waals surface area (Å²) in [6.45, 7) is 7.43. The fourth-order valence-corrected chi connectivity index (χ4v) is 3.45. The van der Waals surface area contributed by atoms with Gasteiger partial charge in [-0.3, -0.25) is 15.2 Å². The van der Waals surface area contributed by atoms with Gasteiger partial charge in [0.25, 0.3) is 5.91 Å². The van der Waals surface area contributed by atoms with E-state index in [1.165, 1.54) is 0 Å². The van der Waals surface area contributed by atoms with Gasteiger partial charge >= 0.3 is 0 Å². The molecule has 2 aliphatic rings. The zero-order valence-corrected chi connectivity index (χ0v) is 15.2. The first kappa shape index (κ1) is 17.9. The molecule has 0 saturated carbocycles. The normalized spacial score (nSPS) is 27.2. The third-order valence-corrected chi connectivity index (χ3v) is 5.11. The van der Waals surface area contributed by atoms with Gasteiger partial charge in [0.15, 0.2) is 0 Å². The second-order valence-corrected chi connectivity index (χ2v) is 7.70. The number of carbonyl (C=O) groups excluding carboxylic acids is 1. The summed E-state index contributed by atoms with van der Waals surface area (Å²) < 4.78 is 0. The molecule has 0 bridgehead atoms. The minimum Gasteiger partial charge on any atom is -0.378 e. The van der Waals surface area contributed by atoms with E-state index in [1.54, 1.807) is 0 Å². The molecule has 1 aliphatic heterocycles. The number of nitrogens with zero attached hydrogens (tertiary/aromatic N) is 2. The lowest BCUT2D eigenvalue weighted by Crippen LogP contribution is -2.52. The molecule has 1 fully saturated rings. The number of hydrogen-bond acceptors (Lipinski definition) is 4. The molecule has 2 unspecified atom stereocenters. The van der Waals surface area contributed by atoms with Crippen LogP contribution in [0.1, 0.15) is 55.7 Å². The van der Waals surface area contributed by atoms with Crippen LogP contribution in [0.4, 0.5) is 0 Å². The molecule has 3 rings (SSSR count). The highest BCUT2D eigenvalue weighted by Crippen LogP contribution is 2.25. The Morgan fingerprint density at radius 1 is 1.48 bits per heavy atom. The molecule has 1 aliphatic carbocycles. The highest BCUT2D eigenvalue weighted by molar-refractivity contribution is 5.92. The number of aliphatic hydroxyl groups is 1. The molecule has 1 amide bonds. The first-order chi connectivity index (χ1) is 11.9. The van der Waals surface area contributed by atoms with Crippen LogP contribution in [0.25, 0.3) is 0 Å². The summed E-state index contributed by atoms with van der Waals surface area (Å²) >= 11 is 0. The number of aromatic nitrogens is 2. The average molecular weight is 344 g/mol. The Bertz CT molecular complexity index is 679. The molecule has 3 atom stereocenters. The minimum absolute atomic E-state index is 0.0522. The maximum Gasteiger partial charge on any atom is 0.274 e. The first-order valence-corrected chi connectivity index (χ1v) is 9.02. The average Bonchev–Trinajstić information content (AvgIpc) is 3.22. The number of allylic oxidation sites excluding steroid dienone is 3. The molecule has 136 valence electrons. The first-order valence-electron chi connectivity index (χ1n) is 9.02. The number of rotatable bonds is 5. The number of aromatic amines is 1. The van der Waals surface area contributed by atoms with Crippen molar-refractivity contribution in [2.75, 3.05) is 13.1 Å². The lowest BCUT2D eigenvalue weighted by Gasteiger charge is -2.32. The molecule has 6 heteroatoms. The van der Waals surface area contributed by atoms with Crippen molar-refractivity contribution in [2.45, 2.75) is 51.3 Å². The largest absolute Gasteiger partial charge is 0.378 e. The Hall–Kier alpha value is -1.92. The van der Waals surface area contributed by atoms with Gasteiger partial charge in [0, 0.05) is 30.2 Å². The summed E-state index contributed by atoms with van der Waals surface area (Å²) in [5.41, 5.74) is 1.14. The number of H-pyrrole nitrogens is 1. The van der Waals surface area contributed by atoms with Crippen LogP contribution in [0.15, 0.2) is 30.4 Å². The van der Waals surface area contributed by atoms with Crippen LogP contribution in [0.3, 0.4) is 0 Å². The number of aliphatic hydroxyl groups excluding tert-OH is 1. The van der Waals surface area contributed by atoms with Crippen LogP contribution in [0, 0.1) is 5.92 Å². The predicted molar refractivity (Wildman–Crippen MR) is 97.1 cm³/mol. The van der Waals surface area contributed by atoms with E-state index in [4.69, 9.17) is 0 Å². The summed E-state index contributed by atoms with van der Waals surface area (Å²) in [5.74, 6) is 0.336. The molecule has 0 spiro atoms. The van der Waals surface area contributed by atoms with Gasteiger partial charge in [0.05, 0.1) is 0 Å². The molecule has 1 saturated heterocycles. The summed E-state index contributed by atoms with van der Waals surface area (Å²) in [6.07, 6.45) is 9.08. The van der Waals surface area contributed by atoms with Crippen LogP contribution >= 0.6 is 0 Å². The zero-order chi connectivity index (χ0) is 18.0. The Balaban J connectivity index is 1.60. The quantitative estimate of drug-likeness (QED) is 0.715. The SMILES string of the molecule is CC(C)c1cc(C(=O)N2CC[C@](C)(NC(O)C3C=CC=CC3)C2)n[nH]1. The van der Waals surface area contributed by atoms with E-state index >= 15 is 0 Å². The summed E-state index contributed by atoms with van der Waals surface area (Å²) in [5, 5.41) is 20.9. The van der Waals surface area contributed by atoms with Crippen LogP contribution in [0.5, 0.6) is 0 Å². The van der Waals surface area contributed by atoms with Gasteiger partial charge in [-0.05, 0) is 31.7 Å². The van der Waals surface area contributed by atoms with Gasteiger partial charge in [0.1, 0.15) is 11.9 Å². The zero-order valence-electron chi connectivity index (χ0n) is 15.2. The third kappa shape index (κ3) is 4.02. The highest BCUT2D eigenvalue weighted by Gasteiger charge is 2.38. The summed E-state index contributed by atoms with van der Waals surface area (Å²) in [7, 11) is 0. The Labute approximate surface area is 149 Å². The summed E-state index contributed by atoms with van der Waals surface area (Å²) in [4.78, 5) is 14.5. The van der Waals surface area contributed by atoms with Gasteiger partial charge in [-0.25, -0.2) is 0 Å². The van der Waals surface area contributed by atoms with Gasteiger partial charge in [-0.2, -0.15) is 5.10 Å². The van der Waals surface area contributed by atoms with Gasteiger partial charge in [0.2, 0.25) is 0 Å². The lowest BCUT2D eigenvalue weighted by molar-refractivity contribution is 0.0583. The molecule has 25 heavy (non-hydrogen) atoms. The van der Waals surface area contributed by atoms with Crippen molar-refractivity contribution in [2.24, 2.45) is 5.92 Å². The molecule has 1 aromatic rings. The minimum atomic E-state index is -0.612. The van der Waals surface area contributed by atoms with Gasteiger partial charge in [-0.1, -0.05) is 38.2 Å².